The largest absolute Gasteiger partial charge is 0.381 e. The molecule has 0 radical (unpaired) electrons. The molecule has 1 heteroatoms. The number of fused-ring (bicyclic) bond motifs is 1. The quantitative estimate of drug-likeness (QED) is 0.651. The van der Waals surface area contributed by atoms with E-state index in [0.717, 1.165) is 44.3 Å². The van der Waals surface area contributed by atoms with Gasteiger partial charge in [-0.25, -0.2) is 0 Å². The van der Waals surface area contributed by atoms with Crippen molar-refractivity contribution in [2.24, 2.45) is 0 Å². The number of benzene rings is 2. The lowest BCUT2D eigenvalue weighted by molar-refractivity contribution is 0.774. The molecule has 0 aliphatic carbocycles. The first-order valence-corrected chi connectivity index (χ1v) is 10.3. The van der Waals surface area contributed by atoms with Gasteiger partial charge in [0.2, 0.25) is 0 Å². The van der Waals surface area contributed by atoms with E-state index >= 15 is 0 Å². The summed E-state index contributed by atoms with van der Waals surface area (Å²) < 4.78 is 0. The van der Waals surface area contributed by atoms with Gasteiger partial charge in [0.15, 0.2) is 0 Å². The highest BCUT2D eigenvalue weighted by Gasteiger charge is 2.10. The van der Waals surface area contributed by atoms with E-state index in [-0.39, 0.29) is 0 Å². The lowest BCUT2D eigenvalue weighted by Crippen LogP contribution is -2.17. The summed E-state index contributed by atoms with van der Waals surface area (Å²) in [5, 5.41) is 3.61. The molecule has 0 bridgehead atoms. The molecular formula is C27H31N. The SMILES string of the molecule is C=C1/C=C\C=C(\CCc2ccccc2)C(=C)NCc2c(CC)cccc2CC1. The van der Waals surface area contributed by atoms with E-state index in [1.165, 1.54) is 33.4 Å². The molecule has 0 unspecified atom stereocenters. The normalized spacial score (nSPS) is 18.1. The van der Waals surface area contributed by atoms with Crippen LogP contribution in [0.15, 0.2) is 96.8 Å². The average molecular weight is 370 g/mol. The fourth-order valence-corrected chi connectivity index (χ4v) is 3.73. The number of nitrogens with one attached hydrogen (secondary N) is 1. The van der Waals surface area contributed by atoms with Crippen molar-refractivity contribution >= 4 is 0 Å². The van der Waals surface area contributed by atoms with Crippen LogP contribution >= 0.6 is 0 Å². The van der Waals surface area contributed by atoms with Gasteiger partial charge in [-0.05, 0) is 59.9 Å². The van der Waals surface area contributed by atoms with Crippen LogP contribution in [-0.4, -0.2) is 0 Å². The minimum atomic E-state index is 0.830. The molecule has 144 valence electrons. The van der Waals surface area contributed by atoms with Crippen LogP contribution < -0.4 is 5.32 Å². The van der Waals surface area contributed by atoms with Gasteiger partial charge in [0.1, 0.15) is 0 Å². The van der Waals surface area contributed by atoms with Crippen molar-refractivity contribution in [3.8, 4) is 0 Å². The first-order chi connectivity index (χ1) is 13.7. The smallest absolute Gasteiger partial charge is 0.0406 e. The molecule has 0 amide bonds. The molecule has 2 aromatic rings. The van der Waals surface area contributed by atoms with E-state index in [4.69, 9.17) is 0 Å². The van der Waals surface area contributed by atoms with Crippen LogP contribution in [0.4, 0.5) is 0 Å². The lowest BCUT2D eigenvalue weighted by atomic mass is 9.94. The van der Waals surface area contributed by atoms with Crippen molar-refractivity contribution in [1.82, 2.24) is 5.32 Å². The van der Waals surface area contributed by atoms with Gasteiger partial charge >= 0.3 is 0 Å². The summed E-state index contributed by atoms with van der Waals surface area (Å²) in [6.45, 7) is 11.6. The number of rotatable bonds is 4. The Morgan fingerprint density at radius 1 is 0.929 bits per heavy atom. The highest BCUT2D eigenvalue weighted by molar-refractivity contribution is 5.39. The summed E-state index contributed by atoms with van der Waals surface area (Å²) in [6, 6.07) is 17.3. The molecule has 0 spiro atoms. The van der Waals surface area contributed by atoms with Crippen LogP contribution in [0.5, 0.6) is 0 Å². The van der Waals surface area contributed by atoms with E-state index in [1.807, 2.05) is 0 Å². The van der Waals surface area contributed by atoms with E-state index in [2.05, 4.69) is 92.2 Å². The van der Waals surface area contributed by atoms with Crippen LogP contribution in [0.25, 0.3) is 0 Å². The topological polar surface area (TPSA) is 12.0 Å². The molecule has 1 heterocycles. The van der Waals surface area contributed by atoms with E-state index in [9.17, 15) is 0 Å². The Morgan fingerprint density at radius 3 is 2.54 bits per heavy atom. The molecule has 28 heavy (non-hydrogen) atoms. The first-order valence-electron chi connectivity index (χ1n) is 10.3. The Hall–Kier alpha value is -2.80. The molecule has 0 saturated heterocycles. The van der Waals surface area contributed by atoms with E-state index in [1.54, 1.807) is 0 Å². The highest BCUT2D eigenvalue weighted by atomic mass is 14.9. The second-order valence-electron chi connectivity index (χ2n) is 7.44. The average Bonchev–Trinajstić information content (AvgIpc) is 2.72. The van der Waals surface area contributed by atoms with Crippen molar-refractivity contribution in [3.63, 3.8) is 0 Å². The number of hydrogen-bond donors (Lipinski definition) is 1. The molecule has 0 fully saturated rings. The molecule has 0 aromatic heterocycles. The second-order valence-corrected chi connectivity index (χ2v) is 7.44. The Kier molecular flexibility index (Phi) is 7.08. The highest BCUT2D eigenvalue weighted by Crippen LogP contribution is 2.22. The summed E-state index contributed by atoms with van der Waals surface area (Å²) in [6.07, 6.45) is 11.5. The van der Waals surface area contributed by atoms with Gasteiger partial charge in [-0.15, -0.1) is 0 Å². The van der Waals surface area contributed by atoms with Crippen LogP contribution in [0.3, 0.4) is 0 Å². The van der Waals surface area contributed by atoms with Crippen LogP contribution in [0.1, 0.15) is 42.0 Å². The number of hydrogen-bond acceptors (Lipinski definition) is 1. The summed E-state index contributed by atoms with van der Waals surface area (Å²) >= 11 is 0. The van der Waals surface area contributed by atoms with Crippen molar-refractivity contribution in [3.05, 3.63) is 119 Å². The predicted octanol–water partition coefficient (Wildman–Crippen LogP) is 6.47. The zero-order chi connectivity index (χ0) is 19.8. The molecule has 1 aliphatic heterocycles. The molecule has 1 aliphatic rings. The maximum atomic E-state index is 4.35. The van der Waals surface area contributed by atoms with Crippen LogP contribution in [-0.2, 0) is 25.8 Å². The van der Waals surface area contributed by atoms with Crippen LogP contribution in [0.2, 0.25) is 0 Å². The van der Waals surface area contributed by atoms with E-state index < -0.39 is 0 Å². The summed E-state index contributed by atoms with van der Waals surface area (Å²) in [5.74, 6) is 0. The summed E-state index contributed by atoms with van der Waals surface area (Å²) in [5.41, 5.74) is 9.06. The fourth-order valence-electron chi connectivity index (χ4n) is 3.73. The third kappa shape index (κ3) is 5.36. The number of aryl methyl sites for hydroxylation is 3. The predicted molar refractivity (Wildman–Crippen MR) is 121 cm³/mol. The Labute approximate surface area is 170 Å². The Bertz CT molecular complexity index is 884. The monoisotopic (exact) mass is 369 g/mol. The van der Waals surface area contributed by atoms with Crippen LogP contribution in [0, 0.1) is 0 Å². The van der Waals surface area contributed by atoms with Gasteiger partial charge < -0.3 is 5.32 Å². The third-order valence-corrected chi connectivity index (χ3v) is 5.49. The van der Waals surface area contributed by atoms with Gasteiger partial charge in [-0.2, -0.15) is 0 Å². The molecule has 1 nitrogen and oxygen atoms in total. The number of allylic oxidation sites excluding steroid dienone is 5. The molecule has 1 N–H and O–H groups in total. The minimum Gasteiger partial charge on any atom is -0.381 e. The third-order valence-electron chi connectivity index (χ3n) is 5.49. The zero-order valence-electron chi connectivity index (χ0n) is 17.0. The standard InChI is InChI=1S/C27H31N/c1-4-24-13-9-15-26-18-16-21(2)10-8-14-25(22(3)28-20-27(24)26)19-17-23-11-6-5-7-12-23/h5-15,28H,2-4,16-20H2,1H3/b10-8-,25-14-. The second kappa shape index (κ2) is 9.94. The zero-order valence-corrected chi connectivity index (χ0v) is 17.0. The molecule has 2 aromatic carbocycles. The summed E-state index contributed by atoms with van der Waals surface area (Å²) in [4.78, 5) is 0. The fraction of sp³-hybridized carbons (Fsp3) is 0.259. The van der Waals surface area contributed by atoms with Gasteiger partial charge in [0.25, 0.3) is 0 Å². The van der Waals surface area contributed by atoms with Gasteiger partial charge in [0.05, 0.1) is 0 Å². The van der Waals surface area contributed by atoms with Crippen molar-refractivity contribution in [1.29, 1.82) is 0 Å². The Morgan fingerprint density at radius 2 is 1.75 bits per heavy atom. The Balaban J connectivity index is 1.83. The maximum absolute atomic E-state index is 4.35. The van der Waals surface area contributed by atoms with Gasteiger partial charge in [0, 0.05) is 12.2 Å². The first kappa shape index (κ1) is 19.9. The molecule has 0 atom stereocenters. The lowest BCUT2D eigenvalue weighted by Gasteiger charge is -2.19. The summed E-state index contributed by atoms with van der Waals surface area (Å²) in [7, 11) is 0. The van der Waals surface area contributed by atoms with Crippen molar-refractivity contribution in [2.45, 2.75) is 45.6 Å². The minimum absolute atomic E-state index is 0.830. The van der Waals surface area contributed by atoms with E-state index in [0.29, 0.717) is 0 Å². The van der Waals surface area contributed by atoms with Gasteiger partial charge in [-0.1, -0.05) is 92.4 Å². The van der Waals surface area contributed by atoms with Gasteiger partial charge in [-0.3, -0.25) is 0 Å². The maximum Gasteiger partial charge on any atom is 0.0406 e. The molecular weight excluding hydrogens is 338 g/mol. The van der Waals surface area contributed by atoms with Crippen molar-refractivity contribution < 1.29 is 0 Å². The van der Waals surface area contributed by atoms with Crippen molar-refractivity contribution in [2.75, 3.05) is 0 Å². The molecule has 3 rings (SSSR count). The molecule has 0 saturated carbocycles.